The number of carbonyl (C=O) groups is 1. The average molecular weight is 355 g/mol. The fourth-order valence-corrected chi connectivity index (χ4v) is 3.43. The molecule has 1 fully saturated rings. The first-order chi connectivity index (χ1) is 11.2. The fraction of sp³-hybridized carbons (Fsp3) is 0.632. The Kier molecular flexibility index (Phi) is 9.99. The van der Waals surface area contributed by atoms with Crippen molar-refractivity contribution >= 4 is 18.3 Å². The van der Waals surface area contributed by atoms with Gasteiger partial charge in [-0.3, -0.25) is 4.79 Å². The van der Waals surface area contributed by atoms with Gasteiger partial charge in [-0.25, -0.2) is 0 Å². The van der Waals surface area contributed by atoms with Crippen LogP contribution >= 0.6 is 12.4 Å². The molecule has 136 valence electrons. The van der Waals surface area contributed by atoms with Crippen molar-refractivity contribution in [2.24, 2.45) is 11.7 Å². The minimum atomic E-state index is -0.491. The number of carbonyl (C=O) groups excluding carboxylic acids is 1. The van der Waals surface area contributed by atoms with Crippen LogP contribution in [0.3, 0.4) is 0 Å². The second-order valence-corrected chi connectivity index (χ2v) is 6.41. The molecule has 0 spiro atoms. The van der Waals surface area contributed by atoms with Crippen LogP contribution in [0.2, 0.25) is 0 Å². The first kappa shape index (κ1) is 20.9. The third kappa shape index (κ3) is 6.80. The number of ether oxygens (including phenoxy) is 1. The topological polar surface area (TPSA) is 64.3 Å². The van der Waals surface area contributed by atoms with Gasteiger partial charge in [0.25, 0.3) is 0 Å². The number of hydrogen-bond acceptors (Lipinski definition) is 3. The zero-order valence-electron chi connectivity index (χ0n) is 14.6. The van der Waals surface area contributed by atoms with Gasteiger partial charge in [0.2, 0.25) is 5.91 Å². The van der Waals surface area contributed by atoms with Crippen LogP contribution < -0.4 is 11.1 Å². The predicted molar refractivity (Wildman–Crippen MR) is 100 cm³/mol. The van der Waals surface area contributed by atoms with Gasteiger partial charge < -0.3 is 15.8 Å². The van der Waals surface area contributed by atoms with Gasteiger partial charge in [0, 0.05) is 13.2 Å². The highest BCUT2D eigenvalue weighted by Gasteiger charge is 2.25. The monoisotopic (exact) mass is 354 g/mol. The molecule has 1 saturated carbocycles. The van der Waals surface area contributed by atoms with Crippen LogP contribution in [0.5, 0.6) is 0 Å². The summed E-state index contributed by atoms with van der Waals surface area (Å²) < 4.78 is 5.88. The molecule has 24 heavy (non-hydrogen) atoms. The van der Waals surface area contributed by atoms with Crippen LogP contribution in [0, 0.1) is 5.92 Å². The molecule has 2 rings (SSSR count). The van der Waals surface area contributed by atoms with Gasteiger partial charge in [0.15, 0.2) is 0 Å². The van der Waals surface area contributed by atoms with E-state index in [0.717, 1.165) is 18.6 Å². The molecule has 3 N–H and O–H groups in total. The minimum Gasteiger partial charge on any atom is -0.378 e. The predicted octanol–water partition coefficient (Wildman–Crippen LogP) is 3.08. The zero-order chi connectivity index (χ0) is 16.5. The fourth-order valence-electron chi connectivity index (χ4n) is 3.43. The van der Waals surface area contributed by atoms with E-state index in [4.69, 9.17) is 10.5 Å². The highest BCUT2D eigenvalue weighted by molar-refractivity contribution is 5.85. The smallest absolute Gasteiger partial charge is 0.237 e. The minimum absolute atomic E-state index is 0. The third-order valence-corrected chi connectivity index (χ3v) is 4.67. The lowest BCUT2D eigenvalue weighted by atomic mass is 9.98. The number of nitrogens with one attached hydrogen (secondary N) is 1. The maximum absolute atomic E-state index is 12.1. The summed E-state index contributed by atoms with van der Waals surface area (Å²) in [5.74, 6) is 0.584. The summed E-state index contributed by atoms with van der Waals surface area (Å²) in [4.78, 5) is 12.1. The standard InChI is InChI=1S/C19H30N2O2.ClH/c1-2-23-18(16-10-6-7-11-16)12-13-21-19(22)17(20)14-15-8-4-3-5-9-15;/h3-5,8-9,16-18H,2,6-7,10-14,20H2,1H3,(H,21,22);1H/t17-,18?;/m0./s1. The van der Waals surface area contributed by atoms with Gasteiger partial charge in [-0.2, -0.15) is 0 Å². The van der Waals surface area contributed by atoms with Crippen LogP contribution in [0.1, 0.15) is 44.6 Å². The Morgan fingerprint density at radius 2 is 1.96 bits per heavy atom. The van der Waals surface area contributed by atoms with Crippen molar-refractivity contribution in [3.8, 4) is 0 Å². The molecule has 0 aliphatic heterocycles. The maximum Gasteiger partial charge on any atom is 0.237 e. The van der Waals surface area contributed by atoms with E-state index in [9.17, 15) is 4.79 Å². The molecule has 0 aromatic heterocycles. The number of amides is 1. The molecule has 1 aliphatic rings. The Labute approximate surface area is 151 Å². The summed E-state index contributed by atoms with van der Waals surface area (Å²) in [5.41, 5.74) is 7.09. The molecule has 4 nitrogen and oxygen atoms in total. The normalized spacial score (nSPS) is 17.1. The van der Waals surface area contributed by atoms with Crippen molar-refractivity contribution in [3.63, 3.8) is 0 Å². The van der Waals surface area contributed by atoms with E-state index >= 15 is 0 Å². The van der Waals surface area contributed by atoms with Crippen molar-refractivity contribution in [2.75, 3.05) is 13.2 Å². The SMILES string of the molecule is CCOC(CCNC(=O)[C@@H](N)Cc1ccccc1)C1CCCC1.Cl. The lowest BCUT2D eigenvalue weighted by molar-refractivity contribution is -0.122. The van der Waals surface area contributed by atoms with Crippen molar-refractivity contribution in [1.82, 2.24) is 5.32 Å². The number of nitrogens with two attached hydrogens (primary N) is 1. The molecule has 0 saturated heterocycles. The lowest BCUT2D eigenvalue weighted by Gasteiger charge is -2.23. The number of hydrogen-bond donors (Lipinski definition) is 2. The summed E-state index contributed by atoms with van der Waals surface area (Å²) in [7, 11) is 0. The lowest BCUT2D eigenvalue weighted by Crippen LogP contribution is -2.43. The summed E-state index contributed by atoms with van der Waals surface area (Å²) in [6, 6.07) is 9.40. The molecular formula is C19H31ClN2O2. The third-order valence-electron chi connectivity index (χ3n) is 4.67. The molecule has 5 heteroatoms. The van der Waals surface area contributed by atoms with Gasteiger partial charge in [-0.05, 0) is 44.1 Å². The van der Waals surface area contributed by atoms with E-state index in [1.54, 1.807) is 0 Å². The van der Waals surface area contributed by atoms with Gasteiger partial charge in [0.1, 0.15) is 0 Å². The number of rotatable bonds is 9. The first-order valence-electron chi connectivity index (χ1n) is 8.89. The largest absolute Gasteiger partial charge is 0.378 e. The van der Waals surface area contributed by atoms with Crippen LogP contribution in [0.15, 0.2) is 30.3 Å². The molecular weight excluding hydrogens is 324 g/mol. The summed E-state index contributed by atoms with van der Waals surface area (Å²) >= 11 is 0. The highest BCUT2D eigenvalue weighted by atomic mass is 35.5. The number of halogens is 1. The van der Waals surface area contributed by atoms with E-state index in [1.165, 1.54) is 25.7 Å². The maximum atomic E-state index is 12.1. The summed E-state index contributed by atoms with van der Waals surface area (Å²) in [6.07, 6.45) is 6.85. The molecule has 1 amide bonds. The Hall–Kier alpha value is -1.10. The van der Waals surface area contributed by atoms with Gasteiger partial charge >= 0.3 is 0 Å². The molecule has 0 radical (unpaired) electrons. The Morgan fingerprint density at radius 3 is 2.58 bits per heavy atom. The molecule has 0 heterocycles. The summed E-state index contributed by atoms with van der Waals surface area (Å²) in [6.45, 7) is 3.42. The average Bonchev–Trinajstić information content (AvgIpc) is 3.09. The molecule has 1 aliphatic carbocycles. The van der Waals surface area contributed by atoms with Crippen LogP contribution in [-0.2, 0) is 16.0 Å². The van der Waals surface area contributed by atoms with Gasteiger partial charge in [0.05, 0.1) is 12.1 Å². The highest BCUT2D eigenvalue weighted by Crippen LogP contribution is 2.30. The molecule has 0 bridgehead atoms. The Balaban J connectivity index is 0.00000288. The molecule has 1 aromatic carbocycles. The van der Waals surface area contributed by atoms with E-state index in [2.05, 4.69) is 5.32 Å². The summed E-state index contributed by atoms with van der Waals surface area (Å²) in [5, 5.41) is 2.97. The van der Waals surface area contributed by atoms with E-state index in [1.807, 2.05) is 37.3 Å². The van der Waals surface area contributed by atoms with Crippen molar-refractivity contribution in [3.05, 3.63) is 35.9 Å². The van der Waals surface area contributed by atoms with Crippen LogP contribution in [-0.4, -0.2) is 31.2 Å². The van der Waals surface area contributed by atoms with Gasteiger partial charge in [-0.1, -0.05) is 43.2 Å². The first-order valence-corrected chi connectivity index (χ1v) is 8.89. The molecule has 1 aromatic rings. The van der Waals surface area contributed by atoms with Gasteiger partial charge in [-0.15, -0.1) is 12.4 Å². The second-order valence-electron chi connectivity index (χ2n) is 6.41. The molecule has 1 unspecified atom stereocenters. The number of benzene rings is 1. The Bertz CT molecular complexity index is 464. The van der Waals surface area contributed by atoms with Crippen molar-refractivity contribution < 1.29 is 9.53 Å². The van der Waals surface area contributed by atoms with Crippen LogP contribution in [0.4, 0.5) is 0 Å². The molecule has 2 atom stereocenters. The quantitative estimate of drug-likeness (QED) is 0.716. The van der Waals surface area contributed by atoms with Crippen molar-refractivity contribution in [1.29, 1.82) is 0 Å². The Morgan fingerprint density at radius 1 is 1.29 bits per heavy atom. The zero-order valence-corrected chi connectivity index (χ0v) is 15.4. The van der Waals surface area contributed by atoms with Crippen molar-refractivity contribution in [2.45, 2.75) is 57.6 Å². The second kappa shape index (κ2) is 11.5. The van der Waals surface area contributed by atoms with E-state index < -0.39 is 6.04 Å². The van der Waals surface area contributed by atoms with E-state index in [-0.39, 0.29) is 24.4 Å². The van der Waals surface area contributed by atoms with Crippen LogP contribution in [0.25, 0.3) is 0 Å². The van der Waals surface area contributed by atoms with E-state index in [0.29, 0.717) is 18.9 Å².